The van der Waals surface area contributed by atoms with Crippen LogP contribution in [0.15, 0.2) is 0 Å². The van der Waals surface area contributed by atoms with Gasteiger partial charge in [0.25, 0.3) is 0 Å². The van der Waals surface area contributed by atoms with Crippen molar-refractivity contribution in [3.05, 3.63) is 0 Å². The van der Waals surface area contributed by atoms with Gasteiger partial charge in [-0.1, -0.05) is 32.6 Å². The van der Waals surface area contributed by atoms with Gasteiger partial charge in [-0.2, -0.15) is 0 Å². The molecule has 0 aromatic carbocycles. The Bertz CT molecular complexity index is 95.0. The lowest BCUT2D eigenvalue weighted by Gasteiger charge is -2.26. The molecule has 1 heteroatoms. The molecule has 0 unspecified atom stereocenters. The summed E-state index contributed by atoms with van der Waals surface area (Å²) in [5, 5.41) is 9.67. The second-order valence-electron chi connectivity index (χ2n) is 3.75. The molecule has 1 aliphatic rings. The Morgan fingerprint density at radius 2 is 1.91 bits per heavy atom. The zero-order valence-electron chi connectivity index (χ0n) is 7.55. The lowest BCUT2D eigenvalue weighted by Crippen LogP contribution is -2.22. The average molecular weight is 156 g/mol. The van der Waals surface area contributed by atoms with Crippen LogP contribution in [0.5, 0.6) is 0 Å². The normalized spacial score (nSPS) is 23.5. The molecular formula is C10H20O. The first-order valence-electron chi connectivity index (χ1n) is 5.02. The van der Waals surface area contributed by atoms with Crippen molar-refractivity contribution in [3.8, 4) is 0 Å². The molecule has 0 heterocycles. The van der Waals surface area contributed by atoms with E-state index < -0.39 is 0 Å². The third kappa shape index (κ3) is 2.82. The van der Waals surface area contributed by atoms with Gasteiger partial charge in [-0.05, 0) is 25.2 Å². The van der Waals surface area contributed by atoms with Crippen molar-refractivity contribution in [1.82, 2.24) is 0 Å². The molecule has 1 fully saturated rings. The van der Waals surface area contributed by atoms with E-state index in [1.54, 1.807) is 0 Å². The maximum atomic E-state index is 9.67. The minimum absolute atomic E-state index is 0.000278. The molecule has 1 atom stereocenters. The first-order valence-corrected chi connectivity index (χ1v) is 5.02. The molecule has 0 bridgehead atoms. The molecule has 1 saturated carbocycles. The van der Waals surface area contributed by atoms with E-state index >= 15 is 0 Å². The monoisotopic (exact) mass is 156 g/mol. The summed E-state index contributed by atoms with van der Waals surface area (Å²) in [6, 6.07) is 0. The summed E-state index contributed by atoms with van der Waals surface area (Å²) in [6.45, 7) is 2.14. The first-order chi connectivity index (χ1) is 5.34. The third-order valence-electron chi connectivity index (χ3n) is 2.78. The average Bonchev–Trinajstić information content (AvgIpc) is 2.07. The Morgan fingerprint density at radius 1 is 1.27 bits per heavy atom. The fourth-order valence-electron chi connectivity index (χ4n) is 2.05. The molecular weight excluding hydrogens is 136 g/mol. The number of hydrogen-bond donors (Lipinski definition) is 1. The van der Waals surface area contributed by atoms with Crippen LogP contribution in [0.4, 0.5) is 0 Å². The largest absolute Gasteiger partial charge is 0.393 e. The van der Waals surface area contributed by atoms with Gasteiger partial charge in [-0.15, -0.1) is 0 Å². The number of hydrogen-bond acceptors (Lipinski definition) is 1. The molecule has 0 aromatic rings. The highest BCUT2D eigenvalue weighted by Gasteiger charge is 2.20. The lowest BCUT2D eigenvalue weighted by molar-refractivity contribution is 0.0766. The van der Waals surface area contributed by atoms with E-state index in [4.69, 9.17) is 0 Å². The van der Waals surface area contributed by atoms with Crippen LogP contribution in [-0.2, 0) is 0 Å². The molecule has 0 aliphatic heterocycles. The molecule has 1 nitrogen and oxygen atoms in total. The van der Waals surface area contributed by atoms with Crippen LogP contribution >= 0.6 is 0 Å². The van der Waals surface area contributed by atoms with Crippen LogP contribution in [0.3, 0.4) is 0 Å². The zero-order valence-corrected chi connectivity index (χ0v) is 7.55. The molecule has 0 spiro atoms. The lowest BCUT2D eigenvalue weighted by atomic mass is 9.84. The van der Waals surface area contributed by atoms with E-state index in [1.165, 1.54) is 32.1 Å². The van der Waals surface area contributed by atoms with Crippen molar-refractivity contribution >= 4 is 0 Å². The minimum Gasteiger partial charge on any atom is -0.393 e. The maximum Gasteiger partial charge on any atom is 0.0568 e. The Balaban J connectivity index is 2.21. The van der Waals surface area contributed by atoms with E-state index in [2.05, 4.69) is 6.92 Å². The highest BCUT2D eigenvalue weighted by molar-refractivity contribution is 4.72. The van der Waals surface area contributed by atoms with Crippen molar-refractivity contribution in [1.29, 1.82) is 0 Å². The van der Waals surface area contributed by atoms with Crippen LogP contribution in [0, 0.1) is 5.92 Å². The highest BCUT2D eigenvalue weighted by Crippen LogP contribution is 2.27. The molecule has 1 rings (SSSR count). The summed E-state index contributed by atoms with van der Waals surface area (Å²) in [6.07, 6.45) is 8.72. The SMILES string of the molecule is CCC[C@@H](O)C1CCCCC1. The van der Waals surface area contributed by atoms with Crippen molar-refractivity contribution < 1.29 is 5.11 Å². The van der Waals surface area contributed by atoms with Gasteiger partial charge in [-0.3, -0.25) is 0 Å². The zero-order chi connectivity index (χ0) is 8.10. The summed E-state index contributed by atoms with van der Waals surface area (Å²) in [5.74, 6) is 0.628. The van der Waals surface area contributed by atoms with Gasteiger partial charge in [0.2, 0.25) is 0 Å². The van der Waals surface area contributed by atoms with E-state index in [1.807, 2.05) is 0 Å². The number of rotatable bonds is 3. The smallest absolute Gasteiger partial charge is 0.0568 e. The van der Waals surface area contributed by atoms with Crippen LogP contribution in [0.2, 0.25) is 0 Å². The standard InChI is InChI=1S/C10H20O/c1-2-6-10(11)9-7-4-3-5-8-9/h9-11H,2-8H2,1H3/t10-/m1/s1. The van der Waals surface area contributed by atoms with Gasteiger partial charge in [0.15, 0.2) is 0 Å². The first kappa shape index (κ1) is 9.05. The predicted octanol–water partition coefficient (Wildman–Crippen LogP) is 2.73. The van der Waals surface area contributed by atoms with Gasteiger partial charge in [0.1, 0.15) is 0 Å². The minimum atomic E-state index is 0.000278. The second-order valence-corrected chi connectivity index (χ2v) is 3.75. The molecule has 0 radical (unpaired) electrons. The van der Waals surface area contributed by atoms with Crippen molar-refractivity contribution in [2.24, 2.45) is 5.92 Å². The van der Waals surface area contributed by atoms with E-state index in [0.29, 0.717) is 5.92 Å². The van der Waals surface area contributed by atoms with Crippen molar-refractivity contribution in [2.45, 2.75) is 58.0 Å². The van der Waals surface area contributed by atoms with Gasteiger partial charge >= 0.3 is 0 Å². The quantitative estimate of drug-likeness (QED) is 0.666. The van der Waals surface area contributed by atoms with Crippen LogP contribution < -0.4 is 0 Å². The van der Waals surface area contributed by atoms with Crippen LogP contribution in [-0.4, -0.2) is 11.2 Å². The maximum absolute atomic E-state index is 9.67. The summed E-state index contributed by atoms with van der Waals surface area (Å²) in [5.41, 5.74) is 0. The van der Waals surface area contributed by atoms with Gasteiger partial charge in [-0.25, -0.2) is 0 Å². The van der Waals surface area contributed by atoms with Crippen LogP contribution in [0.1, 0.15) is 51.9 Å². The topological polar surface area (TPSA) is 20.2 Å². The Hall–Kier alpha value is -0.0400. The third-order valence-corrected chi connectivity index (χ3v) is 2.78. The summed E-state index contributed by atoms with van der Waals surface area (Å²) < 4.78 is 0. The fraction of sp³-hybridized carbons (Fsp3) is 1.00. The van der Waals surface area contributed by atoms with E-state index in [9.17, 15) is 5.11 Å². The summed E-state index contributed by atoms with van der Waals surface area (Å²) >= 11 is 0. The molecule has 1 N–H and O–H groups in total. The summed E-state index contributed by atoms with van der Waals surface area (Å²) in [4.78, 5) is 0. The Labute approximate surface area is 69.8 Å². The molecule has 0 aromatic heterocycles. The second kappa shape index (κ2) is 4.76. The fourth-order valence-corrected chi connectivity index (χ4v) is 2.05. The predicted molar refractivity (Wildman–Crippen MR) is 47.5 cm³/mol. The van der Waals surface area contributed by atoms with Crippen molar-refractivity contribution in [2.75, 3.05) is 0 Å². The number of aliphatic hydroxyl groups excluding tert-OH is 1. The molecule has 66 valence electrons. The molecule has 0 saturated heterocycles. The van der Waals surface area contributed by atoms with E-state index in [-0.39, 0.29) is 6.10 Å². The molecule has 11 heavy (non-hydrogen) atoms. The Kier molecular flexibility index (Phi) is 3.92. The number of aliphatic hydroxyl groups is 1. The summed E-state index contributed by atoms with van der Waals surface area (Å²) in [7, 11) is 0. The highest BCUT2D eigenvalue weighted by atomic mass is 16.3. The molecule has 0 amide bonds. The van der Waals surface area contributed by atoms with Crippen LogP contribution in [0.25, 0.3) is 0 Å². The van der Waals surface area contributed by atoms with Gasteiger partial charge in [0.05, 0.1) is 6.10 Å². The Morgan fingerprint density at radius 3 is 2.45 bits per heavy atom. The van der Waals surface area contributed by atoms with E-state index in [0.717, 1.165) is 12.8 Å². The van der Waals surface area contributed by atoms with Gasteiger partial charge in [0, 0.05) is 0 Å². The molecule has 1 aliphatic carbocycles. The van der Waals surface area contributed by atoms with Gasteiger partial charge < -0.3 is 5.11 Å². The van der Waals surface area contributed by atoms with Crippen molar-refractivity contribution in [3.63, 3.8) is 0 Å².